The number of hydrogen-bond acceptors (Lipinski definition) is 6. The van der Waals surface area contributed by atoms with Gasteiger partial charge in [-0.15, -0.1) is 0 Å². The van der Waals surface area contributed by atoms with Crippen molar-refractivity contribution in [3.63, 3.8) is 0 Å². The molecule has 0 radical (unpaired) electrons. The Morgan fingerprint density at radius 1 is 1.00 bits per heavy atom. The van der Waals surface area contributed by atoms with E-state index < -0.39 is 5.97 Å². The molecule has 162 valence electrons. The van der Waals surface area contributed by atoms with E-state index in [1.165, 1.54) is 19.2 Å². The number of rotatable bonds is 8. The number of anilines is 1. The van der Waals surface area contributed by atoms with Gasteiger partial charge in [-0.05, 0) is 60.2 Å². The first-order valence-corrected chi connectivity index (χ1v) is 10.3. The van der Waals surface area contributed by atoms with Crippen LogP contribution < -0.4 is 14.8 Å². The molecular weight excluding hydrogens is 476 g/mol. The number of esters is 1. The van der Waals surface area contributed by atoms with Crippen molar-refractivity contribution in [2.45, 2.75) is 6.61 Å². The van der Waals surface area contributed by atoms with Crippen LogP contribution in [0.15, 0.2) is 71.2 Å². The van der Waals surface area contributed by atoms with Gasteiger partial charge in [0.2, 0.25) is 0 Å². The van der Waals surface area contributed by atoms with E-state index in [0.29, 0.717) is 22.7 Å². The highest BCUT2D eigenvalue weighted by atomic mass is 79.9. The van der Waals surface area contributed by atoms with E-state index in [1.807, 2.05) is 18.2 Å². The molecule has 1 N–H and O–H groups in total. The topological polar surface area (TPSA) is 97.7 Å². The number of amides is 1. The van der Waals surface area contributed by atoms with Gasteiger partial charge in [-0.2, -0.15) is 5.26 Å². The Balaban J connectivity index is 1.56. The summed E-state index contributed by atoms with van der Waals surface area (Å²) in [6, 6.07) is 20.5. The fraction of sp³-hybridized carbons (Fsp3) is 0.125. The zero-order valence-corrected chi connectivity index (χ0v) is 18.7. The smallest absolute Gasteiger partial charge is 0.338 e. The molecule has 0 aliphatic rings. The number of halogens is 1. The van der Waals surface area contributed by atoms with Gasteiger partial charge in [0.25, 0.3) is 5.91 Å². The fourth-order valence-corrected chi connectivity index (χ4v) is 2.96. The zero-order chi connectivity index (χ0) is 22.9. The van der Waals surface area contributed by atoms with E-state index in [9.17, 15) is 9.59 Å². The van der Waals surface area contributed by atoms with Crippen LogP contribution in [0.3, 0.4) is 0 Å². The predicted octanol–water partition coefficient (Wildman–Crippen LogP) is 4.70. The van der Waals surface area contributed by atoms with E-state index in [1.54, 1.807) is 42.5 Å². The van der Waals surface area contributed by atoms with Gasteiger partial charge in [-0.3, -0.25) is 4.79 Å². The fourth-order valence-electron chi connectivity index (χ4n) is 2.70. The molecule has 0 heterocycles. The zero-order valence-electron chi connectivity index (χ0n) is 17.1. The number of ether oxygens (including phenoxy) is 3. The summed E-state index contributed by atoms with van der Waals surface area (Å²) in [6.45, 7) is -0.157. The summed E-state index contributed by atoms with van der Waals surface area (Å²) in [7, 11) is 1.44. The van der Waals surface area contributed by atoms with Gasteiger partial charge in [-0.1, -0.05) is 28.1 Å². The van der Waals surface area contributed by atoms with Crippen LogP contribution in [0.5, 0.6) is 11.5 Å². The third-order valence-corrected chi connectivity index (χ3v) is 4.87. The van der Waals surface area contributed by atoms with Gasteiger partial charge >= 0.3 is 5.97 Å². The lowest BCUT2D eigenvalue weighted by Gasteiger charge is -2.12. The SMILES string of the molecule is COc1cc(C(=O)OCc2ccc(C#N)cc2)ccc1OCC(=O)Nc1ccc(Br)cc1. The van der Waals surface area contributed by atoms with Crippen LogP contribution in [0.4, 0.5) is 5.69 Å². The molecule has 0 unspecified atom stereocenters. The molecule has 3 aromatic carbocycles. The number of hydrogen-bond donors (Lipinski definition) is 1. The molecule has 3 aromatic rings. The van der Waals surface area contributed by atoms with Gasteiger partial charge in [-0.25, -0.2) is 4.79 Å². The van der Waals surface area contributed by atoms with E-state index in [4.69, 9.17) is 19.5 Å². The molecule has 3 rings (SSSR count). The first-order valence-electron chi connectivity index (χ1n) is 9.51. The molecule has 7 nitrogen and oxygen atoms in total. The molecule has 0 aromatic heterocycles. The second-order valence-corrected chi connectivity index (χ2v) is 7.51. The Hall–Kier alpha value is -3.83. The molecule has 0 spiro atoms. The van der Waals surface area contributed by atoms with E-state index in [2.05, 4.69) is 21.2 Å². The summed E-state index contributed by atoms with van der Waals surface area (Å²) in [5.74, 6) is -0.246. The van der Waals surface area contributed by atoms with E-state index in [0.717, 1.165) is 10.0 Å². The third kappa shape index (κ3) is 6.33. The van der Waals surface area contributed by atoms with Crippen LogP contribution in [0.25, 0.3) is 0 Å². The number of benzene rings is 3. The van der Waals surface area contributed by atoms with Crippen molar-refractivity contribution < 1.29 is 23.8 Å². The first kappa shape index (κ1) is 22.8. The Bertz CT molecular complexity index is 1140. The summed E-state index contributed by atoms with van der Waals surface area (Å²) in [4.78, 5) is 24.5. The highest BCUT2D eigenvalue weighted by Crippen LogP contribution is 2.28. The van der Waals surface area contributed by atoms with Crippen molar-refractivity contribution in [3.05, 3.63) is 87.9 Å². The van der Waals surface area contributed by atoms with Gasteiger partial charge in [0.05, 0.1) is 24.3 Å². The van der Waals surface area contributed by atoms with E-state index >= 15 is 0 Å². The quantitative estimate of drug-likeness (QED) is 0.455. The van der Waals surface area contributed by atoms with E-state index in [-0.39, 0.29) is 24.7 Å². The van der Waals surface area contributed by atoms with Gasteiger partial charge in [0, 0.05) is 10.2 Å². The molecule has 8 heteroatoms. The van der Waals surface area contributed by atoms with Crippen LogP contribution in [-0.2, 0) is 16.1 Å². The Kier molecular flexibility index (Phi) is 7.84. The molecule has 0 aliphatic heterocycles. The standard InChI is InChI=1S/C24H19BrN2O5/c1-30-22-12-18(24(29)32-14-17-4-2-16(13-26)3-5-17)6-11-21(22)31-15-23(28)27-20-9-7-19(25)8-10-20/h2-12H,14-15H2,1H3,(H,27,28). The maximum Gasteiger partial charge on any atom is 0.338 e. The maximum absolute atomic E-state index is 12.4. The monoisotopic (exact) mass is 494 g/mol. The van der Waals surface area contributed by atoms with Gasteiger partial charge < -0.3 is 19.5 Å². The molecular formula is C24H19BrN2O5. The number of carbonyl (C=O) groups excluding carboxylic acids is 2. The minimum absolute atomic E-state index is 0.0708. The molecule has 0 saturated carbocycles. The lowest BCUT2D eigenvalue weighted by molar-refractivity contribution is -0.118. The number of methoxy groups -OCH3 is 1. The van der Waals surface area contributed by atoms with Gasteiger partial charge in [0.15, 0.2) is 18.1 Å². The van der Waals surface area contributed by atoms with Crippen molar-refractivity contribution >= 4 is 33.5 Å². The lowest BCUT2D eigenvalue weighted by atomic mass is 10.1. The highest BCUT2D eigenvalue weighted by Gasteiger charge is 2.14. The highest BCUT2D eigenvalue weighted by molar-refractivity contribution is 9.10. The van der Waals surface area contributed by atoms with Crippen LogP contribution >= 0.6 is 15.9 Å². The summed E-state index contributed by atoms with van der Waals surface area (Å²) in [6.07, 6.45) is 0. The molecule has 32 heavy (non-hydrogen) atoms. The predicted molar refractivity (Wildman–Crippen MR) is 122 cm³/mol. The largest absolute Gasteiger partial charge is 0.493 e. The van der Waals surface area contributed by atoms with Crippen molar-refractivity contribution in [1.29, 1.82) is 5.26 Å². The van der Waals surface area contributed by atoms with Crippen LogP contribution in [0.2, 0.25) is 0 Å². The normalized spacial score (nSPS) is 10.0. The number of nitrogens with zero attached hydrogens (tertiary/aromatic N) is 1. The van der Waals surface area contributed by atoms with Crippen molar-refractivity contribution in [2.75, 3.05) is 19.0 Å². The molecule has 0 bridgehead atoms. The molecule has 0 fully saturated rings. The first-order chi connectivity index (χ1) is 15.5. The van der Waals surface area contributed by atoms with Crippen molar-refractivity contribution in [1.82, 2.24) is 0 Å². The Morgan fingerprint density at radius 2 is 1.72 bits per heavy atom. The Labute approximate surface area is 193 Å². The number of carbonyl (C=O) groups is 2. The Morgan fingerprint density at radius 3 is 2.38 bits per heavy atom. The minimum Gasteiger partial charge on any atom is -0.493 e. The second kappa shape index (κ2) is 11.0. The maximum atomic E-state index is 12.4. The van der Waals surface area contributed by atoms with Gasteiger partial charge in [0.1, 0.15) is 6.61 Å². The number of nitriles is 1. The van der Waals surface area contributed by atoms with Crippen LogP contribution in [0, 0.1) is 11.3 Å². The number of nitrogens with one attached hydrogen (secondary N) is 1. The van der Waals surface area contributed by atoms with Crippen LogP contribution in [-0.4, -0.2) is 25.6 Å². The average Bonchev–Trinajstić information content (AvgIpc) is 2.82. The summed E-state index contributed by atoms with van der Waals surface area (Å²) < 4.78 is 17.1. The third-order valence-electron chi connectivity index (χ3n) is 4.34. The summed E-state index contributed by atoms with van der Waals surface area (Å²) in [5, 5.41) is 11.6. The molecule has 0 aliphatic carbocycles. The summed E-state index contributed by atoms with van der Waals surface area (Å²) >= 11 is 3.34. The second-order valence-electron chi connectivity index (χ2n) is 6.59. The van der Waals surface area contributed by atoms with Crippen molar-refractivity contribution in [2.24, 2.45) is 0 Å². The lowest BCUT2D eigenvalue weighted by Crippen LogP contribution is -2.20. The average molecular weight is 495 g/mol. The molecule has 1 amide bonds. The molecule has 0 atom stereocenters. The summed E-state index contributed by atoms with van der Waals surface area (Å²) in [5.41, 5.74) is 2.23. The van der Waals surface area contributed by atoms with Crippen molar-refractivity contribution in [3.8, 4) is 17.6 Å². The van der Waals surface area contributed by atoms with Crippen LogP contribution in [0.1, 0.15) is 21.5 Å². The molecule has 0 saturated heterocycles. The minimum atomic E-state index is -0.535.